The maximum Gasteiger partial charge on any atom is 0.411 e. The van der Waals surface area contributed by atoms with Gasteiger partial charge in [-0.2, -0.15) is 0 Å². The van der Waals surface area contributed by atoms with Gasteiger partial charge in [0.05, 0.1) is 13.2 Å². The molecule has 0 spiro atoms. The van der Waals surface area contributed by atoms with Gasteiger partial charge in [-0.3, -0.25) is 4.90 Å². The Hall–Kier alpha value is -1.30. The van der Waals surface area contributed by atoms with Crippen LogP contribution in [-0.4, -0.2) is 53.0 Å². The second kappa shape index (κ2) is 5.83. The van der Waals surface area contributed by atoms with Crippen LogP contribution in [0.5, 0.6) is 0 Å². The van der Waals surface area contributed by atoms with Gasteiger partial charge in [0.25, 0.3) is 0 Å². The number of ether oxygens (including phenoxy) is 2. The average Bonchev–Trinajstić information content (AvgIpc) is 2.74. The molecular weight excluding hydrogens is 274 g/mol. The molecule has 0 aromatic rings. The third kappa shape index (κ3) is 3.48. The average molecular weight is 299 g/mol. The summed E-state index contributed by atoms with van der Waals surface area (Å²) in [4.78, 5) is 25.9. The van der Waals surface area contributed by atoms with Crippen LogP contribution in [-0.2, 0) is 14.3 Å². The van der Waals surface area contributed by atoms with Gasteiger partial charge in [-0.25, -0.2) is 9.59 Å². The highest BCUT2D eigenvalue weighted by Gasteiger charge is 2.50. The molecule has 1 saturated heterocycles. The van der Waals surface area contributed by atoms with Gasteiger partial charge in [0.2, 0.25) is 0 Å². The summed E-state index contributed by atoms with van der Waals surface area (Å²) in [6.07, 6.45) is 1.70. The molecule has 120 valence electrons. The van der Waals surface area contributed by atoms with Crippen molar-refractivity contribution in [1.82, 2.24) is 4.90 Å². The van der Waals surface area contributed by atoms with E-state index in [0.717, 1.165) is 12.8 Å². The molecular formula is C15H25NO5. The number of aliphatic hydroxyl groups is 1. The number of esters is 1. The van der Waals surface area contributed by atoms with Gasteiger partial charge >= 0.3 is 12.1 Å². The number of carbonyl (C=O) groups is 2. The summed E-state index contributed by atoms with van der Waals surface area (Å²) in [6.45, 7) is 5.38. The van der Waals surface area contributed by atoms with Gasteiger partial charge in [0, 0.05) is 6.04 Å². The van der Waals surface area contributed by atoms with Crippen molar-refractivity contribution in [3.05, 3.63) is 0 Å². The fraction of sp³-hybridized carbons (Fsp3) is 0.867. The molecule has 1 N–H and O–H groups in total. The van der Waals surface area contributed by atoms with E-state index in [9.17, 15) is 14.7 Å². The third-order valence-electron chi connectivity index (χ3n) is 4.23. The SMILES string of the molecule is COC(=O)[C@@H]1C[C@@H]2CC[C@@H](O)C[C@@H]2N1C(=O)OC(C)(C)C. The van der Waals surface area contributed by atoms with Crippen molar-refractivity contribution in [2.45, 2.75) is 70.2 Å². The summed E-state index contributed by atoms with van der Waals surface area (Å²) >= 11 is 0. The fourth-order valence-electron chi connectivity index (χ4n) is 3.36. The maximum atomic E-state index is 12.5. The van der Waals surface area contributed by atoms with Crippen LogP contribution in [0.25, 0.3) is 0 Å². The van der Waals surface area contributed by atoms with Crippen molar-refractivity contribution in [3.8, 4) is 0 Å². The van der Waals surface area contributed by atoms with Gasteiger partial charge in [-0.05, 0) is 52.4 Å². The predicted octanol–water partition coefficient (Wildman–Crippen LogP) is 1.70. The molecule has 21 heavy (non-hydrogen) atoms. The van der Waals surface area contributed by atoms with Gasteiger partial charge in [-0.1, -0.05) is 0 Å². The summed E-state index contributed by atoms with van der Waals surface area (Å²) in [5.74, 6) is -0.185. The number of amides is 1. The van der Waals surface area contributed by atoms with E-state index in [1.807, 2.05) is 0 Å². The van der Waals surface area contributed by atoms with Crippen LogP contribution in [0.4, 0.5) is 4.79 Å². The molecule has 4 atom stereocenters. The molecule has 0 aromatic heterocycles. The number of fused-ring (bicyclic) bond motifs is 1. The molecule has 0 bridgehead atoms. The maximum absolute atomic E-state index is 12.5. The fourth-order valence-corrected chi connectivity index (χ4v) is 3.36. The van der Waals surface area contributed by atoms with Crippen molar-refractivity contribution < 1.29 is 24.2 Å². The van der Waals surface area contributed by atoms with E-state index in [4.69, 9.17) is 9.47 Å². The quantitative estimate of drug-likeness (QED) is 0.746. The summed E-state index contributed by atoms with van der Waals surface area (Å²) < 4.78 is 10.3. The Morgan fingerprint density at radius 3 is 2.43 bits per heavy atom. The summed E-state index contributed by atoms with van der Waals surface area (Å²) in [6, 6.07) is -0.752. The number of rotatable bonds is 1. The van der Waals surface area contributed by atoms with Crippen molar-refractivity contribution in [2.24, 2.45) is 5.92 Å². The zero-order chi connectivity index (χ0) is 15.8. The second-order valence-corrected chi connectivity index (χ2v) is 6.96. The number of carbonyl (C=O) groups excluding carboxylic acids is 2. The van der Waals surface area contributed by atoms with E-state index in [2.05, 4.69) is 0 Å². The lowest BCUT2D eigenvalue weighted by Crippen LogP contribution is -2.49. The van der Waals surface area contributed by atoms with E-state index in [-0.39, 0.29) is 12.0 Å². The van der Waals surface area contributed by atoms with Gasteiger partial charge in [0.1, 0.15) is 11.6 Å². The van der Waals surface area contributed by atoms with E-state index in [1.54, 1.807) is 20.8 Å². The highest BCUT2D eigenvalue weighted by atomic mass is 16.6. The van der Waals surface area contributed by atoms with Gasteiger partial charge in [-0.15, -0.1) is 0 Å². The zero-order valence-electron chi connectivity index (χ0n) is 13.2. The van der Waals surface area contributed by atoms with Crippen molar-refractivity contribution >= 4 is 12.1 Å². The normalized spacial score (nSPS) is 32.5. The van der Waals surface area contributed by atoms with Crippen molar-refractivity contribution in [1.29, 1.82) is 0 Å². The molecule has 1 heterocycles. The number of hydrogen-bond donors (Lipinski definition) is 1. The summed E-state index contributed by atoms with van der Waals surface area (Å²) in [7, 11) is 1.33. The monoisotopic (exact) mass is 299 g/mol. The number of methoxy groups -OCH3 is 1. The standard InChI is InChI=1S/C15H25NO5/c1-15(2,3)21-14(19)16-11-8-10(17)6-5-9(11)7-12(16)13(18)20-4/h9-12,17H,5-8H2,1-4H3/t9-,10+,11-,12-/m0/s1. The molecule has 1 aliphatic heterocycles. The van der Waals surface area contributed by atoms with Crippen LogP contribution in [0.2, 0.25) is 0 Å². The Balaban J connectivity index is 2.22. The topological polar surface area (TPSA) is 76.1 Å². The number of likely N-dealkylation sites (tertiary alicyclic amines) is 1. The highest BCUT2D eigenvalue weighted by Crippen LogP contribution is 2.40. The first-order chi connectivity index (χ1) is 9.73. The molecule has 2 fully saturated rings. The van der Waals surface area contributed by atoms with E-state index < -0.39 is 29.8 Å². The molecule has 0 unspecified atom stereocenters. The largest absolute Gasteiger partial charge is 0.467 e. The highest BCUT2D eigenvalue weighted by molar-refractivity contribution is 5.82. The van der Waals surface area contributed by atoms with E-state index in [0.29, 0.717) is 12.8 Å². The lowest BCUT2D eigenvalue weighted by molar-refractivity contribution is -0.146. The molecule has 6 nitrogen and oxygen atoms in total. The molecule has 0 aromatic carbocycles. The van der Waals surface area contributed by atoms with Crippen LogP contribution in [0.1, 0.15) is 46.5 Å². The Kier molecular flexibility index (Phi) is 4.46. The van der Waals surface area contributed by atoms with Crippen LogP contribution >= 0.6 is 0 Å². The van der Waals surface area contributed by atoms with E-state index in [1.165, 1.54) is 12.0 Å². The summed E-state index contributed by atoms with van der Waals surface area (Å²) in [5.41, 5.74) is -0.622. The first-order valence-corrected chi connectivity index (χ1v) is 7.50. The van der Waals surface area contributed by atoms with Crippen LogP contribution < -0.4 is 0 Å². The van der Waals surface area contributed by atoms with Crippen molar-refractivity contribution in [3.63, 3.8) is 0 Å². The first kappa shape index (κ1) is 16.1. The first-order valence-electron chi connectivity index (χ1n) is 7.50. The van der Waals surface area contributed by atoms with Crippen LogP contribution in [0, 0.1) is 5.92 Å². The number of hydrogen-bond acceptors (Lipinski definition) is 5. The Bertz CT molecular complexity index is 417. The molecule has 1 amide bonds. The number of aliphatic hydroxyl groups excluding tert-OH is 1. The van der Waals surface area contributed by atoms with Crippen molar-refractivity contribution in [2.75, 3.05) is 7.11 Å². The summed E-state index contributed by atoms with van der Waals surface area (Å²) in [5, 5.41) is 9.88. The lowest BCUT2D eigenvalue weighted by atomic mass is 9.83. The minimum atomic E-state index is -0.622. The van der Waals surface area contributed by atoms with Gasteiger partial charge < -0.3 is 14.6 Å². The molecule has 1 saturated carbocycles. The minimum absolute atomic E-state index is 0.146. The second-order valence-electron chi connectivity index (χ2n) is 6.96. The zero-order valence-corrected chi connectivity index (χ0v) is 13.2. The Morgan fingerprint density at radius 2 is 1.86 bits per heavy atom. The Labute approximate surface area is 125 Å². The Morgan fingerprint density at radius 1 is 1.19 bits per heavy atom. The predicted molar refractivity (Wildman–Crippen MR) is 75.6 cm³/mol. The molecule has 1 aliphatic carbocycles. The molecule has 6 heteroatoms. The molecule has 2 rings (SSSR count). The van der Waals surface area contributed by atoms with Crippen LogP contribution in [0.15, 0.2) is 0 Å². The molecule has 0 radical (unpaired) electrons. The molecule has 2 aliphatic rings. The van der Waals surface area contributed by atoms with E-state index >= 15 is 0 Å². The van der Waals surface area contributed by atoms with Gasteiger partial charge in [0.15, 0.2) is 0 Å². The number of nitrogens with zero attached hydrogens (tertiary/aromatic N) is 1. The third-order valence-corrected chi connectivity index (χ3v) is 4.23. The lowest BCUT2D eigenvalue weighted by Gasteiger charge is -2.36. The van der Waals surface area contributed by atoms with Crippen LogP contribution in [0.3, 0.4) is 0 Å². The minimum Gasteiger partial charge on any atom is -0.467 e. The smallest absolute Gasteiger partial charge is 0.411 e.